The Hall–Kier alpha value is -2.29. The Kier molecular flexibility index (Phi) is 6.01. The highest BCUT2D eigenvalue weighted by atomic mass is 16.5. The molecule has 0 spiro atoms. The van der Waals surface area contributed by atoms with Crippen LogP contribution in [0.3, 0.4) is 0 Å². The summed E-state index contributed by atoms with van der Waals surface area (Å²) in [5, 5.41) is 3.08. The lowest BCUT2D eigenvalue weighted by atomic mass is 10.0. The van der Waals surface area contributed by atoms with Gasteiger partial charge in [0.25, 0.3) is 5.91 Å². The summed E-state index contributed by atoms with van der Waals surface area (Å²) in [5.74, 6) is 0.742. The molecule has 0 heterocycles. The molecule has 0 aliphatic heterocycles. The maximum atomic E-state index is 12.4. The van der Waals surface area contributed by atoms with Crippen molar-refractivity contribution in [2.45, 2.75) is 32.7 Å². The summed E-state index contributed by atoms with van der Waals surface area (Å²) in [5.41, 5.74) is 1.78. The van der Waals surface area contributed by atoms with Crippen molar-refractivity contribution >= 4 is 5.91 Å². The van der Waals surface area contributed by atoms with Gasteiger partial charge in [-0.3, -0.25) is 4.79 Å². The first-order chi connectivity index (χ1) is 10.7. The van der Waals surface area contributed by atoms with Crippen LogP contribution in [0.5, 0.6) is 5.75 Å². The van der Waals surface area contributed by atoms with Crippen LogP contribution in [-0.4, -0.2) is 12.5 Å². The first kappa shape index (κ1) is 16.1. The van der Waals surface area contributed by atoms with Gasteiger partial charge in [-0.05, 0) is 42.7 Å². The van der Waals surface area contributed by atoms with E-state index in [2.05, 4.69) is 19.2 Å². The first-order valence-electron chi connectivity index (χ1n) is 7.83. The predicted octanol–water partition coefficient (Wildman–Crippen LogP) is 4.36. The molecule has 3 heteroatoms. The minimum Gasteiger partial charge on any atom is -0.494 e. The molecular weight excluding hydrogens is 274 g/mol. The van der Waals surface area contributed by atoms with Gasteiger partial charge in [0.15, 0.2) is 0 Å². The van der Waals surface area contributed by atoms with Gasteiger partial charge < -0.3 is 10.1 Å². The Morgan fingerprint density at radius 3 is 2.32 bits per heavy atom. The third-order valence-electron chi connectivity index (χ3n) is 3.50. The number of nitrogens with one attached hydrogen (secondary N) is 1. The van der Waals surface area contributed by atoms with Gasteiger partial charge in [-0.2, -0.15) is 0 Å². The van der Waals surface area contributed by atoms with Gasteiger partial charge >= 0.3 is 0 Å². The molecule has 0 aromatic heterocycles. The molecule has 22 heavy (non-hydrogen) atoms. The average molecular weight is 297 g/mol. The number of amides is 1. The zero-order valence-corrected chi connectivity index (χ0v) is 13.2. The largest absolute Gasteiger partial charge is 0.494 e. The van der Waals surface area contributed by atoms with Crippen LogP contribution in [0.1, 0.15) is 48.7 Å². The molecule has 0 aliphatic carbocycles. The SMILES string of the molecule is CCCOc1ccc(C(=O)N[C@H](CC)c2ccccc2)cc1. The fraction of sp³-hybridized carbons (Fsp3) is 0.316. The lowest BCUT2D eigenvalue weighted by molar-refractivity contribution is 0.0935. The molecule has 1 N–H and O–H groups in total. The molecule has 0 unspecified atom stereocenters. The molecule has 0 radical (unpaired) electrons. The van der Waals surface area contributed by atoms with E-state index in [0.29, 0.717) is 12.2 Å². The van der Waals surface area contributed by atoms with Crippen LogP contribution < -0.4 is 10.1 Å². The van der Waals surface area contributed by atoms with E-state index in [1.807, 2.05) is 42.5 Å². The maximum Gasteiger partial charge on any atom is 0.251 e. The van der Waals surface area contributed by atoms with Crippen LogP contribution in [-0.2, 0) is 0 Å². The normalized spacial score (nSPS) is 11.7. The number of ether oxygens (including phenoxy) is 1. The van der Waals surface area contributed by atoms with Crippen LogP contribution >= 0.6 is 0 Å². The quantitative estimate of drug-likeness (QED) is 0.824. The second-order valence-corrected chi connectivity index (χ2v) is 5.22. The van der Waals surface area contributed by atoms with Gasteiger partial charge in [-0.1, -0.05) is 44.2 Å². The van der Waals surface area contributed by atoms with Gasteiger partial charge in [0.05, 0.1) is 12.6 Å². The minimum absolute atomic E-state index is 0.0321. The molecule has 2 aromatic rings. The van der Waals surface area contributed by atoms with Crippen LogP contribution in [0.25, 0.3) is 0 Å². The molecule has 0 aliphatic rings. The van der Waals surface area contributed by atoms with Crippen LogP contribution in [0.2, 0.25) is 0 Å². The van der Waals surface area contributed by atoms with Crippen molar-refractivity contribution < 1.29 is 9.53 Å². The Morgan fingerprint density at radius 2 is 1.73 bits per heavy atom. The van der Waals surface area contributed by atoms with Crippen molar-refractivity contribution in [1.82, 2.24) is 5.32 Å². The van der Waals surface area contributed by atoms with Crippen molar-refractivity contribution in [2.24, 2.45) is 0 Å². The number of rotatable bonds is 7. The zero-order chi connectivity index (χ0) is 15.8. The highest BCUT2D eigenvalue weighted by Gasteiger charge is 2.13. The molecule has 0 bridgehead atoms. The topological polar surface area (TPSA) is 38.3 Å². The van der Waals surface area contributed by atoms with E-state index in [4.69, 9.17) is 4.74 Å². The molecule has 1 atom stereocenters. The molecule has 2 aromatic carbocycles. The van der Waals surface area contributed by atoms with Gasteiger partial charge in [0, 0.05) is 5.56 Å². The van der Waals surface area contributed by atoms with Gasteiger partial charge in [-0.25, -0.2) is 0 Å². The zero-order valence-electron chi connectivity index (χ0n) is 13.2. The van der Waals surface area contributed by atoms with Gasteiger partial charge in [0.1, 0.15) is 5.75 Å². The summed E-state index contributed by atoms with van der Waals surface area (Å²) in [7, 11) is 0. The number of carbonyl (C=O) groups excluding carboxylic acids is 1. The maximum absolute atomic E-state index is 12.4. The smallest absolute Gasteiger partial charge is 0.251 e. The predicted molar refractivity (Wildman–Crippen MR) is 89.2 cm³/mol. The minimum atomic E-state index is -0.0576. The molecule has 1 amide bonds. The number of benzene rings is 2. The number of hydrogen-bond donors (Lipinski definition) is 1. The standard InChI is InChI=1S/C19H23NO2/c1-3-14-22-17-12-10-16(11-13-17)19(21)20-18(4-2)15-8-6-5-7-9-15/h5-13,18H,3-4,14H2,1-2H3,(H,20,21)/t18-/m1/s1. The van der Waals surface area contributed by atoms with Crippen molar-refractivity contribution in [3.8, 4) is 5.75 Å². The molecule has 116 valence electrons. The highest BCUT2D eigenvalue weighted by molar-refractivity contribution is 5.94. The van der Waals surface area contributed by atoms with E-state index in [-0.39, 0.29) is 11.9 Å². The van der Waals surface area contributed by atoms with Crippen LogP contribution in [0.4, 0.5) is 0 Å². The molecule has 0 saturated carbocycles. The summed E-state index contributed by atoms with van der Waals surface area (Å²) < 4.78 is 5.53. The van der Waals surface area contributed by atoms with Crippen molar-refractivity contribution in [1.29, 1.82) is 0 Å². The van der Waals surface area contributed by atoms with E-state index in [9.17, 15) is 4.79 Å². The van der Waals surface area contributed by atoms with E-state index in [1.165, 1.54) is 0 Å². The summed E-state index contributed by atoms with van der Waals surface area (Å²) in [4.78, 5) is 12.4. The van der Waals surface area contributed by atoms with Crippen molar-refractivity contribution in [3.63, 3.8) is 0 Å². The Bertz CT molecular complexity index is 578. The van der Waals surface area contributed by atoms with Crippen molar-refractivity contribution in [3.05, 3.63) is 65.7 Å². The summed E-state index contributed by atoms with van der Waals surface area (Å²) in [6.07, 6.45) is 1.82. The lowest BCUT2D eigenvalue weighted by Gasteiger charge is -2.17. The Labute approximate surface area is 132 Å². The lowest BCUT2D eigenvalue weighted by Crippen LogP contribution is -2.28. The Balaban J connectivity index is 2.01. The second-order valence-electron chi connectivity index (χ2n) is 5.22. The first-order valence-corrected chi connectivity index (χ1v) is 7.83. The molecular formula is C19H23NO2. The number of hydrogen-bond acceptors (Lipinski definition) is 2. The van der Waals surface area contributed by atoms with Crippen LogP contribution in [0, 0.1) is 0 Å². The summed E-state index contributed by atoms with van der Waals surface area (Å²) in [6.45, 7) is 4.83. The Morgan fingerprint density at radius 1 is 1.05 bits per heavy atom. The fourth-order valence-electron chi connectivity index (χ4n) is 2.27. The van der Waals surface area contributed by atoms with E-state index >= 15 is 0 Å². The summed E-state index contributed by atoms with van der Waals surface area (Å²) in [6, 6.07) is 17.4. The van der Waals surface area contributed by atoms with E-state index in [1.54, 1.807) is 12.1 Å². The monoisotopic (exact) mass is 297 g/mol. The second kappa shape index (κ2) is 8.23. The van der Waals surface area contributed by atoms with Crippen LogP contribution in [0.15, 0.2) is 54.6 Å². The molecule has 0 saturated heterocycles. The fourth-order valence-corrected chi connectivity index (χ4v) is 2.27. The summed E-state index contributed by atoms with van der Waals surface area (Å²) >= 11 is 0. The average Bonchev–Trinajstić information content (AvgIpc) is 2.58. The molecule has 3 nitrogen and oxygen atoms in total. The third kappa shape index (κ3) is 4.35. The third-order valence-corrected chi connectivity index (χ3v) is 3.50. The van der Waals surface area contributed by atoms with E-state index in [0.717, 1.165) is 24.2 Å². The van der Waals surface area contributed by atoms with Gasteiger partial charge in [-0.15, -0.1) is 0 Å². The van der Waals surface area contributed by atoms with E-state index < -0.39 is 0 Å². The highest BCUT2D eigenvalue weighted by Crippen LogP contribution is 2.18. The van der Waals surface area contributed by atoms with Crippen molar-refractivity contribution in [2.75, 3.05) is 6.61 Å². The molecule has 2 rings (SSSR count). The molecule has 0 fully saturated rings. The van der Waals surface area contributed by atoms with Gasteiger partial charge in [0.2, 0.25) is 0 Å². The number of carbonyl (C=O) groups is 1.